The molecule has 0 aliphatic carbocycles. The molecule has 1 amide bonds. The second-order valence-corrected chi connectivity index (χ2v) is 5.27. The van der Waals surface area contributed by atoms with E-state index in [1.54, 1.807) is 12.1 Å². The van der Waals surface area contributed by atoms with Crippen molar-refractivity contribution in [2.45, 2.75) is 26.3 Å². The summed E-state index contributed by atoms with van der Waals surface area (Å²) in [5, 5.41) is 2.93. The number of carbonyl (C=O) groups excluding carboxylic acids is 1. The molecule has 1 aromatic rings. The number of nitrogens with one attached hydrogen (secondary N) is 1. The van der Waals surface area contributed by atoms with E-state index in [4.69, 9.17) is 5.73 Å². The van der Waals surface area contributed by atoms with Gasteiger partial charge in [0.15, 0.2) is 0 Å². The largest absolute Gasteiger partial charge is 0.352 e. The molecule has 0 fully saturated rings. The summed E-state index contributed by atoms with van der Waals surface area (Å²) in [4.78, 5) is 14.2. The van der Waals surface area contributed by atoms with E-state index in [0.29, 0.717) is 24.7 Å². The zero-order valence-corrected chi connectivity index (χ0v) is 13.1. The Kier molecular flexibility index (Phi) is 7.52. The fourth-order valence-corrected chi connectivity index (χ4v) is 1.75. The van der Waals surface area contributed by atoms with E-state index in [9.17, 15) is 4.79 Å². The molecule has 21 heavy (non-hydrogen) atoms. The highest BCUT2D eigenvalue weighted by atomic mass is 16.1. The number of nitrogens with zero attached hydrogens (tertiary/aromatic N) is 1. The fraction of sp³-hybridized carbons (Fsp3) is 0.471. The molecule has 0 saturated carbocycles. The van der Waals surface area contributed by atoms with Gasteiger partial charge in [-0.25, -0.2) is 0 Å². The van der Waals surface area contributed by atoms with Crippen molar-refractivity contribution < 1.29 is 4.79 Å². The highest BCUT2D eigenvalue weighted by Crippen LogP contribution is 2.03. The Morgan fingerprint density at radius 3 is 2.57 bits per heavy atom. The van der Waals surface area contributed by atoms with Crippen LogP contribution in [0, 0.1) is 11.8 Å². The molecule has 0 heterocycles. The minimum absolute atomic E-state index is 0.0412. The summed E-state index contributed by atoms with van der Waals surface area (Å²) in [5.74, 6) is 5.68. The molecule has 0 aliphatic heterocycles. The molecular formula is C17H25N3O. The van der Waals surface area contributed by atoms with Gasteiger partial charge in [0.2, 0.25) is 0 Å². The van der Waals surface area contributed by atoms with Crippen LogP contribution >= 0.6 is 0 Å². The van der Waals surface area contributed by atoms with Crippen LogP contribution in [0.4, 0.5) is 0 Å². The van der Waals surface area contributed by atoms with Gasteiger partial charge in [-0.2, -0.15) is 0 Å². The van der Waals surface area contributed by atoms with Crippen molar-refractivity contribution in [2.24, 2.45) is 5.73 Å². The lowest BCUT2D eigenvalue weighted by Crippen LogP contribution is -2.31. The lowest BCUT2D eigenvalue weighted by atomic mass is 10.1. The maximum absolute atomic E-state index is 12.0. The van der Waals surface area contributed by atoms with Crippen LogP contribution < -0.4 is 11.1 Å². The molecule has 114 valence electrons. The molecule has 0 saturated heterocycles. The molecule has 0 atom stereocenters. The first-order valence-electron chi connectivity index (χ1n) is 7.32. The van der Waals surface area contributed by atoms with Crippen molar-refractivity contribution in [2.75, 3.05) is 26.7 Å². The summed E-state index contributed by atoms with van der Waals surface area (Å²) < 4.78 is 0. The number of hydrogen-bond acceptors (Lipinski definition) is 3. The summed E-state index contributed by atoms with van der Waals surface area (Å²) >= 11 is 0. The minimum atomic E-state index is -0.0412. The van der Waals surface area contributed by atoms with Gasteiger partial charge in [0.25, 0.3) is 5.91 Å². The van der Waals surface area contributed by atoms with Crippen molar-refractivity contribution in [1.29, 1.82) is 0 Å². The summed E-state index contributed by atoms with van der Waals surface area (Å²) in [7, 11) is 2.09. The van der Waals surface area contributed by atoms with Gasteiger partial charge in [-0.1, -0.05) is 11.8 Å². The lowest BCUT2D eigenvalue weighted by Gasteiger charge is -2.20. The Morgan fingerprint density at radius 2 is 2.00 bits per heavy atom. The van der Waals surface area contributed by atoms with E-state index < -0.39 is 0 Å². The van der Waals surface area contributed by atoms with E-state index in [1.807, 2.05) is 12.1 Å². The Labute approximate surface area is 127 Å². The van der Waals surface area contributed by atoms with Crippen molar-refractivity contribution in [1.82, 2.24) is 10.2 Å². The van der Waals surface area contributed by atoms with E-state index in [0.717, 1.165) is 18.5 Å². The standard InChI is InChI=1S/C17H25N3O/c1-14(2)20(3)13-5-12-19-17(21)16-9-7-15(8-10-16)6-4-11-18/h7-10,14H,5,11-13,18H2,1-3H3,(H,19,21). The topological polar surface area (TPSA) is 58.4 Å². The number of carbonyl (C=O) groups is 1. The van der Waals surface area contributed by atoms with Crippen molar-refractivity contribution in [3.05, 3.63) is 35.4 Å². The lowest BCUT2D eigenvalue weighted by molar-refractivity contribution is 0.0951. The average molecular weight is 287 g/mol. The molecule has 1 aromatic carbocycles. The molecule has 0 spiro atoms. The SMILES string of the molecule is CC(C)N(C)CCCNC(=O)c1ccc(C#CCN)cc1. The monoisotopic (exact) mass is 287 g/mol. The van der Waals surface area contributed by atoms with Crippen molar-refractivity contribution in [3.63, 3.8) is 0 Å². The number of rotatable bonds is 6. The van der Waals surface area contributed by atoms with Crippen LogP contribution in [0.3, 0.4) is 0 Å². The van der Waals surface area contributed by atoms with Crippen LogP contribution in [0.2, 0.25) is 0 Å². The predicted molar refractivity (Wildman–Crippen MR) is 87.1 cm³/mol. The van der Waals surface area contributed by atoms with Gasteiger partial charge in [-0.3, -0.25) is 4.79 Å². The second-order valence-electron chi connectivity index (χ2n) is 5.27. The third kappa shape index (κ3) is 6.44. The minimum Gasteiger partial charge on any atom is -0.352 e. The molecule has 4 heteroatoms. The molecule has 0 bridgehead atoms. The fourth-order valence-electron chi connectivity index (χ4n) is 1.75. The van der Waals surface area contributed by atoms with Crippen molar-refractivity contribution >= 4 is 5.91 Å². The number of nitrogens with two attached hydrogens (primary N) is 1. The molecule has 0 aromatic heterocycles. The highest BCUT2D eigenvalue weighted by molar-refractivity contribution is 5.94. The first kappa shape index (κ1) is 17.2. The Morgan fingerprint density at radius 1 is 1.33 bits per heavy atom. The van der Waals surface area contributed by atoms with E-state index in [1.165, 1.54) is 0 Å². The third-order valence-electron chi connectivity index (χ3n) is 3.34. The first-order chi connectivity index (χ1) is 10.0. The van der Waals surface area contributed by atoms with Crippen LogP contribution in [0.25, 0.3) is 0 Å². The molecule has 0 aliphatic rings. The maximum atomic E-state index is 12.0. The van der Waals surface area contributed by atoms with E-state index in [2.05, 4.69) is 43.0 Å². The normalized spacial score (nSPS) is 10.4. The van der Waals surface area contributed by atoms with Gasteiger partial charge in [0, 0.05) is 23.7 Å². The van der Waals surface area contributed by atoms with E-state index in [-0.39, 0.29) is 5.91 Å². The third-order valence-corrected chi connectivity index (χ3v) is 3.34. The van der Waals surface area contributed by atoms with Gasteiger partial charge >= 0.3 is 0 Å². The summed E-state index contributed by atoms with van der Waals surface area (Å²) in [6.07, 6.45) is 0.945. The van der Waals surface area contributed by atoms with Crippen LogP contribution in [0.1, 0.15) is 36.2 Å². The molecular weight excluding hydrogens is 262 g/mol. The second kappa shape index (κ2) is 9.17. The number of hydrogen-bond donors (Lipinski definition) is 2. The van der Waals surface area contributed by atoms with Crippen LogP contribution in [-0.2, 0) is 0 Å². The summed E-state index contributed by atoms with van der Waals surface area (Å²) in [6, 6.07) is 7.78. The van der Waals surface area contributed by atoms with Gasteiger partial charge in [-0.05, 0) is 58.1 Å². The van der Waals surface area contributed by atoms with Crippen LogP contribution in [0.5, 0.6) is 0 Å². The molecule has 0 unspecified atom stereocenters. The van der Waals surface area contributed by atoms with Gasteiger partial charge < -0.3 is 16.0 Å². The Balaban J connectivity index is 2.38. The summed E-state index contributed by atoms with van der Waals surface area (Å²) in [5.41, 5.74) is 6.85. The van der Waals surface area contributed by atoms with Gasteiger partial charge in [-0.15, -0.1) is 0 Å². The van der Waals surface area contributed by atoms with Gasteiger partial charge in [0.05, 0.1) is 6.54 Å². The molecule has 3 N–H and O–H groups in total. The molecule has 1 rings (SSSR count). The Bertz CT molecular complexity index is 497. The van der Waals surface area contributed by atoms with Gasteiger partial charge in [0.1, 0.15) is 0 Å². The molecule has 4 nitrogen and oxygen atoms in total. The number of amides is 1. The van der Waals surface area contributed by atoms with Crippen LogP contribution in [0.15, 0.2) is 24.3 Å². The van der Waals surface area contributed by atoms with E-state index >= 15 is 0 Å². The highest BCUT2D eigenvalue weighted by Gasteiger charge is 2.05. The summed E-state index contributed by atoms with van der Waals surface area (Å²) in [6.45, 7) is 6.32. The molecule has 0 radical (unpaired) electrons. The quantitative estimate of drug-likeness (QED) is 0.615. The number of benzene rings is 1. The first-order valence-corrected chi connectivity index (χ1v) is 7.32. The van der Waals surface area contributed by atoms with Crippen LogP contribution in [-0.4, -0.2) is 43.5 Å². The maximum Gasteiger partial charge on any atom is 0.251 e. The zero-order valence-electron chi connectivity index (χ0n) is 13.1. The smallest absolute Gasteiger partial charge is 0.251 e. The predicted octanol–water partition coefficient (Wildman–Crippen LogP) is 1.46. The zero-order chi connectivity index (χ0) is 15.7. The van der Waals surface area contributed by atoms with Crippen molar-refractivity contribution in [3.8, 4) is 11.8 Å². The average Bonchev–Trinajstić information content (AvgIpc) is 2.49. The Hall–Kier alpha value is -1.83.